The largest absolute Gasteiger partial charge is 0.472 e. The smallest absolute Gasteiger partial charge is 0.462 e. The van der Waals surface area contributed by atoms with Crippen LogP contribution in [-0.2, 0) is 32.7 Å². The number of phosphoric ester groups is 1. The van der Waals surface area contributed by atoms with Crippen molar-refractivity contribution >= 4 is 19.8 Å². The number of allylic oxidation sites excluding steroid dienone is 18. The van der Waals surface area contributed by atoms with Crippen LogP contribution in [0.5, 0.6) is 0 Å². The average Bonchev–Trinajstić information content (AvgIpc) is 3.60. The molecule has 0 saturated carbocycles. The van der Waals surface area contributed by atoms with Gasteiger partial charge in [-0.05, 0) is 77.0 Å². The Kier molecular flexibility index (Phi) is 70.0. The molecule has 0 heterocycles. The molecule has 0 aromatic carbocycles. The Labute approximate surface area is 543 Å². The zero-order valence-corrected chi connectivity index (χ0v) is 58.1. The van der Waals surface area contributed by atoms with E-state index in [4.69, 9.17) is 24.3 Å². The summed E-state index contributed by atoms with van der Waals surface area (Å²) in [5.41, 5.74) is 5.40. The van der Waals surface area contributed by atoms with Crippen LogP contribution in [0.4, 0.5) is 0 Å². The van der Waals surface area contributed by atoms with Crippen LogP contribution in [0.1, 0.15) is 341 Å². The van der Waals surface area contributed by atoms with Crippen molar-refractivity contribution in [3.05, 3.63) is 109 Å². The lowest BCUT2D eigenvalue weighted by Crippen LogP contribution is -2.29. The van der Waals surface area contributed by atoms with E-state index in [0.717, 1.165) is 77.0 Å². The average molecular weight is 1250 g/mol. The van der Waals surface area contributed by atoms with Gasteiger partial charge in [-0.1, -0.05) is 361 Å². The number of ether oxygens (including phenoxy) is 2. The summed E-state index contributed by atoms with van der Waals surface area (Å²) in [6, 6.07) is 0. The van der Waals surface area contributed by atoms with Crippen molar-refractivity contribution in [1.82, 2.24) is 0 Å². The van der Waals surface area contributed by atoms with Gasteiger partial charge in [0.15, 0.2) is 6.10 Å². The highest BCUT2D eigenvalue weighted by molar-refractivity contribution is 7.47. The van der Waals surface area contributed by atoms with E-state index in [0.29, 0.717) is 12.8 Å². The van der Waals surface area contributed by atoms with Gasteiger partial charge in [-0.2, -0.15) is 0 Å². The summed E-state index contributed by atoms with van der Waals surface area (Å²) < 4.78 is 33.1. The molecule has 10 heteroatoms. The summed E-state index contributed by atoms with van der Waals surface area (Å²) in [7, 11) is -4.42. The molecule has 508 valence electrons. The van der Waals surface area contributed by atoms with Crippen molar-refractivity contribution in [3.63, 3.8) is 0 Å². The maximum atomic E-state index is 12.7. The molecule has 0 amide bonds. The highest BCUT2D eigenvalue weighted by Gasteiger charge is 2.26. The first-order chi connectivity index (χ1) is 43.3. The lowest BCUT2D eigenvalue weighted by molar-refractivity contribution is -0.161. The van der Waals surface area contributed by atoms with Gasteiger partial charge in [0.05, 0.1) is 13.2 Å². The van der Waals surface area contributed by atoms with E-state index in [2.05, 4.69) is 117 Å². The van der Waals surface area contributed by atoms with Gasteiger partial charge < -0.3 is 20.1 Å². The van der Waals surface area contributed by atoms with Gasteiger partial charge in [-0.25, -0.2) is 4.57 Å². The minimum atomic E-state index is -4.42. The molecule has 9 nitrogen and oxygen atoms in total. The van der Waals surface area contributed by atoms with Crippen molar-refractivity contribution in [2.45, 2.75) is 347 Å². The van der Waals surface area contributed by atoms with Gasteiger partial charge in [-0.3, -0.25) is 18.6 Å². The Bertz CT molecular complexity index is 1810. The Balaban J connectivity index is 3.89. The molecular weight excluding hydrogens is 1110 g/mol. The molecule has 0 aromatic heterocycles. The fraction of sp³-hybridized carbons (Fsp3) is 0.744. The predicted octanol–water partition coefficient (Wildman–Crippen LogP) is 24.5. The Morgan fingerprint density at radius 2 is 0.625 bits per heavy atom. The van der Waals surface area contributed by atoms with E-state index in [1.54, 1.807) is 0 Å². The van der Waals surface area contributed by atoms with E-state index in [1.165, 1.54) is 225 Å². The van der Waals surface area contributed by atoms with Gasteiger partial charge in [0.25, 0.3) is 0 Å². The topological polar surface area (TPSA) is 134 Å². The first kappa shape index (κ1) is 84.7. The summed E-state index contributed by atoms with van der Waals surface area (Å²) in [6.07, 6.45) is 101. The van der Waals surface area contributed by atoms with Crippen LogP contribution in [0.2, 0.25) is 0 Å². The Morgan fingerprint density at radius 1 is 0.352 bits per heavy atom. The summed E-state index contributed by atoms with van der Waals surface area (Å²) >= 11 is 0. The van der Waals surface area contributed by atoms with Gasteiger partial charge in [0.2, 0.25) is 0 Å². The van der Waals surface area contributed by atoms with Crippen molar-refractivity contribution in [3.8, 4) is 0 Å². The molecule has 0 spiro atoms. The Morgan fingerprint density at radius 3 is 0.920 bits per heavy atom. The number of hydrogen-bond donors (Lipinski definition) is 2. The second-order valence-electron chi connectivity index (χ2n) is 24.4. The van der Waals surface area contributed by atoms with Crippen LogP contribution in [-0.4, -0.2) is 49.3 Å². The maximum absolute atomic E-state index is 12.7. The van der Waals surface area contributed by atoms with Crippen LogP contribution in [0, 0.1) is 0 Å². The minimum absolute atomic E-state index is 0.0398. The van der Waals surface area contributed by atoms with Crippen molar-refractivity contribution in [2.75, 3.05) is 26.4 Å². The van der Waals surface area contributed by atoms with E-state index in [1.807, 2.05) is 6.08 Å². The third-order valence-electron chi connectivity index (χ3n) is 15.9. The van der Waals surface area contributed by atoms with E-state index in [9.17, 15) is 19.0 Å². The molecule has 0 aromatic rings. The van der Waals surface area contributed by atoms with E-state index in [-0.39, 0.29) is 32.6 Å². The fourth-order valence-corrected chi connectivity index (χ4v) is 11.3. The molecule has 0 fully saturated rings. The molecule has 88 heavy (non-hydrogen) atoms. The zero-order valence-electron chi connectivity index (χ0n) is 57.2. The summed E-state index contributed by atoms with van der Waals surface area (Å²) in [6.45, 7) is 3.60. The second-order valence-corrected chi connectivity index (χ2v) is 25.9. The molecular formula is C78H138NO8P. The first-order valence-corrected chi connectivity index (χ1v) is 38.4. The minimum Gasteiger partial charge on any atom is -0.462 e. The van der Waals surface area contributed by atoms with Crippen LogP contribution < -0.4 is 5.73 Å². The molecule has 3 N–H and O–H groups in total. The van der Waals surface area contributed by atoms with E-state index >= 15 is 0 Å². The summed E-state index contributed by atoms with van der Waals surface area (Å²) in [4.78, 5) is 35.3. The second kappa shape index (κ2) is 72.7. The van der Waals surface area contributed by atoms with Crippen molar-refractivity contribution in [1.29, 1.82) is 0 Å². The molecule has 2 unspecified atom stereocenters. The van der Waals surface area contributed by atoms with Gasteiger partial charge in [-0.15, -0.1) is 0 Å². The molecule has 0 radical (unpaired) electrons. The highest BCUT2D eigenvalue weighted by Crippen LogP contribution is 2.43. The SMILES string of the molecule is CC/C=C\C/C=C\C/C=C\C/C=C\C/C=C\C/C=C\C/C=C\C/C=C\C/C=C\CCCC(=O)OC(COC(=O)CCCCCCCCCCCCCCCCCCCCCCCCCCCCCCCCCCCCCCCC)COP(=O)(O)OCCN. The summed E-state index contributed by atoms with van der Waals surface area (Å²) in [5, 5.41) is 0. The number of carbonyl (C=O) groups is 2. The third kappa shape index (κ3) is 71.7. The number of nitrogens with two attached hydrogens (primary N) is 1. The van der Waals surface area contributed by atoms with Crippen LogP contribution >= 0.6 is 7.82 Å². The number of carbonyl (C=O) groups excluding carboxylic acids is 2. The van der Waals surface area contributed by atoms with Crippen molar-refractivity contribution < 1.29 is 37.6 Å². The quantitative estimate of drug-likeness (QED) is 0.0264. The molecule has 0 aliphatic carbocycles. The molecule has 0 bridgehead atoms. The lowest BCUT2D eigenvalue weighted by Gasteiger charge is -2.19. The zero-order chi connectivity index (χ0) is 63.7. The van der Waals surface area contributed by atoms with E-state index < -0.39 is 32.5 Å². The molecule has 0 saturated heterocycles. The monoisotopic (exact) mass is 1250 g/mol. The van der Waals surface area contributed by atoms with Gasteiger partial charge in [0, 0.05) is 19.4 Å². The standard InChI is InChI=1S/C78H138NO8P/c1-3-5-7-9-11-13-15-17-19-21-23-25-27-29-31-33-34-35-36-37-38-39-40-41-43-44-46-48-50-52-54-56-58-60-62-64-66-68-70-77(80)84-74-76(75-86-88(82,83)85-73-72-79)87-78(81)71-69-67-65-63-61-59-57-55-53-51-49-47-45-42-32-30-28-26-24-22-20-18-16-14-12-10-8-6-4-2/h6,8,12,14,18,20,24,26,30,32,45,47,51,53,57,59,63,65,76H,3-5,7,9-11,13,15-17,19,21-23,25,27-29,31,33-44,46,48-50,52,54-56,58,60-62,64,66-75,79H2,1-2H3,(H,82,83)/b8-6-,14-12-,20-18-,26-24-,32-30-,47-45-,53-51-,59-57-,65-63-. The van der Waals surface area contributed by atoms with Crippen LogP contribution in [0.3, 0.4) is 0 Å². The third-order valence-corrected chi connectivity index (χ3v) is 16.9. The molecule has 0 rings (SSSR count). The Hall–Kier alpha value is -3.33. The number of unbranched alkanes of at least 4 members (excludes halogenated alkanes) is 38. The predicted molar refractivity (Wildman–Crippen MR) is 381 cm³/mol. The highest BCUT2D eigenvalue weighted by atomic mass is 31.2. The van der Waals surface area contributed by atoms with Crippen LogP contribution in [0.25, 0.3) is 0 Å². The van der Waals surface area contributed by atoms with Crippen molar-refractivity contribution in [2.24, 2.45) is 5.73 Å². The molecule has 2 atom stereocenters. The number of rotatable bonds is 69. The lowest BCUT2D eigenvalue weighted by atomic mass is 10.0. The number of hydrogen-bond acceptors (Lipinski definition) is 8. The van der Waals surface area contributed by atoms with Gasteiger partial charge >= 0.3 is 19.8 Å². The van der Waals surface area contributed by atoms with Crippen LogP contribution in [0.15, 0.2) is 109 Å². The van der Waals surface area contributed by atoms with Gasteiger partial charge in [0.1, 0.15) is 6.61 Å². The fourth-order valence-electron chi connectivity index (χ4n) is 10.5. The number of phosphoric acid groups is 1. The normalized spacial score (nSPS) is 13.5. The summed E-state index contributed by atoms with van der Waals surface area (Å²) in [5.74, 6) is -0.892. The first-order valence-electron chi connectivity index (χ1n) is 36.9. The number of esters is 2. The molecule has 0 aliphatic heterocycles. The molecule has 0 aliphatic rings. The maximum Gasteiger partial charge on any atom is 0.472 e.